The fourth-order valence-corrected chi connectivity index (χ4v) is 3.31. The molecule has 1 saturated carbocycles. The lowest BCUT2D eigenvalue weighted by Crippen LogP contribution is -2.19. The minimum atomic E-state index is -4.29. The first kappa shape index (κ1) is 17.7. The lowest BCUT2D eigenvalue weighted by molar-refractivity contribution is -0.137. The molecule has 0 heterocycles. The highest BCUT2D eigenvalue weighted by Gasteiger charge is 2.29. The molecule has 0 radical (unpaired) electrons. The van der Waals surface area contributed by atoms with E-state index in [9.17, 15) is 13.2 Å². The van der Waals surface area contributed by atoms with E-state index in [1.165, 1.54) is 12.1 Å². The molecule has 1 fully saturated rings. The van der Waals surface area contributed by atoms with Crippen molar-refractivity contribution in [2.24, 2.45) is 17.8 Å². The molecule has 0 aromatic heterocycles. The van der Waals surface area contributed by atoms with Gasteiger partial charge in [0.05, 0.1) is 5.56 Å². The first-order chi connectivity index (χ1) is 10.9. The SMILES string of the molecule is C=CC(CC)[C@H]1CC[C@H](C#Cc2ccc(C(F)(F)F)cc2)CC1. The summed E-state index contributed by atoms with van der Waals surface area (Å²) in [5, 5.41) is 0. The second-order valence-electron chi connectivity index (χ2n) is 6.26. The number of hydrogen-bond acceptors (Lipinski definition) is 0. The highest BCUT2D eigenvalue weighted by atomic mass is 19.4. The van der Waals surface area contributed by atoms with Crippen LogP contribution >= 0.6 is 0 Å². The summed E-state index contributed by atoms with van der Waals surface area (Å²) in [7, 11) is 0. The van der Waals surface area contributed by atoms with Gasteiger partial charge in [0.1, 0.15) is 0 Å². The summed E-state index contributed by atoms with van der Waals surface area (Å²) in [6.07, 6.45) is 3.39. The molecule has 1 aliphatic rings. The molecule has 124 valence electrons. The van der Waals surface area contributed by atoms with Crippen LogP contribution < -0.4 is 0 Å². The van der Waals surface area contributed by atoms with E-state index in [0.717, 1.165) is 44.2 Å². The standard InChI is InChI=1S/C20H23F3/c1-3-17(4-2)18-11-7-15(8-12-18)5-6-16-9-13-19(14-10-16)20(21,22)23/h3,9-10,13-15,17-18H,1,4,7-8,11-12H2,2H3/t15-,17?,18-. The maximum Gasteiger partial charge on any atom is 0.416 e. The van der Waals surface area contributed by atoms with Crippen molar-refractivity contribution >= 4 is 0 Å². The topological polar surface area (TPSA) is 0 Å². The number of hydrogen-bond donors (Lipinski definition) is 0. The summed E-state index contributed by atoms with van der Waals surface area (Å²) in [6.45, 7) is 6.12. The van der Waals surface area contributed by atoms with Crippen molar-refractivity contribution in [1.82, 2.24) is 0 Å². The predicted molar refractivity (Wildman–Crippen MR) is 87.7 cm³/mol. The van der Waals surface area contributed by atoms with Gasteiger partial charge in [0.2, 0.25) is 0 Å². The Morgan fingerprint density at radius 2 is 1.78 bits per heavy atom. The lowest BCUT2D eigenvalue weighted by Gasteiger charge is -2.30. The van der Waals surface area contributed by atoms with Crippen LogP contribution in [0.25, 0.3) is 0 Å². The third kappa shape index (κ3) is 4.89. The molecule has 1 aliphatic carbocycles. The van der Waals surface area contributed by atoms with Crippen molar-refractivity contribution in [2.45, 2.75) is 45.2 Å². The zero-order chi connectivity index (χ0) is 16.9. The van der Waals surface area contributed by atoms with E-state index in [1.807, 2.05) is 0 Å². The summed E-state index contributed by atoms with van der Waals surface area (Å²) in [5.74, 6) is 7.93. The van der Waals surface area contributed by atoms with Crippen molar-refractivity contribution in [3.05, 3.63) is 48.0 Å². The van der Waals surface area contributed by atoms with Gasteiger partial charge in [-0.2, -0.15) is 13.2 Å². The smallest absolute Gasteiger partial charge is 0.166 e. The van der Waals surface area contributed by atoms with Crippen molar-refractivity contribution in [3.8, 4) is 11.8 Å². The first-order valence-corrected chi connectivity index (χ1v) is 8.25. The lowest BCUT2D eigenvalue weighted by atomic mass is 9.75. The van der Waals surface area contributed by atoms with Gasteiger partial charge in [-0.3, -0.25) is 0 Å². The quantitative estimate of drug-likeness (QED) is 0.468. The molecule has 0 spiro atoms. The van der Waals surface area contributed by atoms with Crippen LogP contribution in [0, 0.1) is 29.6 Å². The van der Waals surface area contributed by atoms with E-state index in [2.05, 4.69) is 31.4 Å². The Balaban J connectivity index is 1.92. The van der Waals surface area contributed by atoms with E-state index in [0.29, 0.717) is 23.3 Å². The van der Waals surface area contributed by atoms with E-state index in [4.69, 9.17) is 0 Å². The van der Waals surface area contributed by atoms with Crippen LogP contribution in [-0.4, -0.2) is 0 Å². The Kier molecular flexibility index (Phi) is 5.93. The second kappa shape index (κ2) is 7.73. The van der Waals surface area contributed by atoms with Crippen molar-refractivity contribution in [2.75, 3.05) is 0 Å². The maximum absolute atomic E-state index is 12.5. The van der Waals surface area contributed by atoms with Gasteiger partial charge in [0, 0.05) is 11.5 Å². The number of halogens is 3. The number of benzene rings is 1. The molecule has 23 heavy (non-hydrogen) atoms. The highest BCUT2D eigenvalue weighted by molar-refractivity contribution is 5.37. The molecule has 1 aromatic rings. The molecule has 1 aromatic carbocycles. The van der Waals surface area contributed by atoms with Crippen LogP contribution in [0.1, 0.15) is 50.2 Å². The Morgan fingerprint density at radius 3 is 2.26 bits per heavy atom. The van der Waals surface area contributed by atoms with E-state index in [-0.39, 0.29) is 0 Å². The van der Waals surface area contributed by atoms with Crippen LogP contribution in [0.5, 0.6) is 0 Å². The van der Waals surface area contributed by atoms with Gasteiger partial charge in [0.15, 0.2) is 0 Å². The fourth-order valence-electron chi connectivity index (χ4n) is 3.31. The Morgan fingerprint density at radius 1 is 1.17 bits per heavy atom. The molecule has 0 bridgehead atoms. The van der Waals surface area contributed by atoms with Gasteiger partial charge in [-0.05, 0) is 68.2 Å². The van der Waals surface area contributed by atoms with E-state index < -0.39 is 11.7 Å². The van der Waals surface area contributed by atoms with Gasteiger partial charge in [-0.1, -0.05) is 24.8 Å². The second-order valence-corrected chi connectivity index (χ2v) is 6.26. The Labute approximate surface area is 136 Å². The molecule has 3 heteroatoms. The molecule has 0 aliphatic heterocycles. The van der Waals surface area contributed by atoms with Crippen LogP contribution in [0.15, 0.2) is 36.9 Å². The van der Waals surface area contributed by atoms with Crippen molar-refractivity contribution < 1.29 is 13.2 Å². The zero-order valence-corrected chi connectivity index (χ0v) is 13.5. The van der Waals surface area contributed by atoms with Crippen molar-refractivity contribution in [3.63, 3.8) is 0 Å². The Bertz CT molecular complexity index is 564. The first-order valence-electron chi connectivity index (χ1n) is 8.25. The predicted octanol–water partition coefficient (Wildman–Crippen LogP) is 6.08. The maximum atomic E-state index is 12.5. The van der Waals surface area contributed by atoms with E-state index in [1.54, 1.807) is 0 Å². The average molecular weight is 320 g/mol. The minimum Gasteiger partial charge on any atom is -0.166 e. The van der Waals surface area contributed by atoms with Crippen LogP contribution in [0.4, 0.5) is 13.2 Å². The van der Waals surface area contributed by atoms with Gasteiger partial charge < -0.3 is 0 Å². The van der Waals surface area contributed by atoms with Crippen LogP contribution in [-0.2, 0) is 6.18 Å². The molecule has 0 nitrogen and oxygen atoms in total. The summed E-state index contributed by atoms with van der Waals surface area (Å²) in [6, 6.07) is 5.09. The third-order valence-corrected chi connectivity index (χ3v) is 4.78. The highest BCUT2D eigenvalue weighted by Crippen LogP contribution is 2.35. The molecule has 1 unspecified atom stereocenters. The van der Waals surface area contributed by atoms with Gasteiger partial charge in [0.25, 0.3) is 0 Å². The molecule has 0 saturated heterocycles. The van der Waals surface area contributed by atoms with Crippen LogP contribution in [0.2, 0.25) is 0 Å². The van der Waals surface area contributed by atoms with Crippen LogP contribution in [0.3, 0.4) is 0 Å². The monoisotopic (exact) mass is 320 g/mol. The number of rotatable bonds is 3. The van der Waals surface area contributed by atoms with Crippen molar-refractivity contribution in [1.29, 1.82) is 0 Å². The number of allylic oxidation sites excluding steroid dienone is 1. The van der Waals surface area contributed by atoms with Gasteiger partial charge in [-0.25, -0.2) is 0 Å². The zero-order valence-electron chi connectivity index (χ0n) is 13.5. The molecule has 0 N–H and O–H groups in total. The van der Waals surface area contributed by atoms with Gasteiger partial charge in [-0.15, -0.1) is 6.58 Å². The van der Waals surface area contributed by atoms with E-state index >= 15 is 0 Å². The summed E-state index contributed by atoms with van der Waals surface area (Å²) in [5.41, 5.74) is 0.0243. The Hall–Kier alpha value is -1.69. The minimum absolute atomic E-state index is 0.357. The summed E-state index contributed by atoms with van der Waals surface area (Å²) in [4.78, 5) is 0. The third-order valence-electron chi connectivity index (χ3n) is 4.78. The normalized spacial score (nSPS) is 22.8. The molecule has 0 amide bonds. The number of alkyl halides is 3. The molecular formula is C20H23F3. The largest absolute Gasteiger partial charge is 0.416 e. The molecular weight excluding hydrogens is 297 g/mol. The van der Waals surface area contributed by atoms with Gasteiger partial charge >= 0.3 is 6.18 Å². The molecule has 2 rings (SSSR count). The average Bonchev–Trinajstić information content (AvgIpc) is 2.55. The fraction of sp³-hybridized carbons (Fsp3) is 0.500. The summed E-state index contributed by atoms with van der Waals surface area (Å²) < 4.78 is 37.5. The molecule has 1 atom stereocenters. The summed E-state index contributed by atoms with van der Waals surface area (Å²) >= 11 is 0.